The minimum absolute atomic E-state index is 0.0356. The van der Waals surface area contributed by atoms with Gasteiger partial charge in [0.1, 0.15) is 28.9 Å². The molecule has 2 aromatic carbocycles. The van der Waals surface area contributed by atoms with E-state index in [0.717, 1.165) is 23.3 Å². The van der Waals surface area contributed by atoms with Crippen molar-refractivity contribution >= 4 is 10.0 Å². The lowest BCUT2D eigenvalue weighted by atomic mass is 10.1. The van der Waals surface area contributed by atoms with Gasteiger partial charge in [0.05, 0.1) is 0 Å². The van der Waals surface area contributed by atoms with Gasteiger partial charge in [0.25, 0.3) is 0 Å². The zero-order chi connectivity index (χ0) is 17.0. The number of halogens is 2. The molecule has 0 fully saturated rings. The van der Waals surface area contributed by atoms with E-state index in [9.17, 15) is 17.2 Å². The second-order valence-electron chi connectivity index (χ2n) is 5.14. The smallest absolute Gasteiger partial charge is 0.243 e. The van der Waals surface area contributed by atoms with Gasteiger partial charge in [-0.3, -0.25) is 0 Å². The molecule has 0 amide bonds. The van der Waals surface area contributed by atoms with Crippen molar-refractivity contribution in [3.8, 4) is 5.75 Å². The predicted octanol–water partition coefficient (Wildman–Crippen LogP) is 2.94. The first-order valence-corrected chi connectivity index (χ1v) is 8.42. The molecule has 0 aliphatic carbocycles. The van der Waals surface area contributed by atoms with Crippen molar-refractivity contribution in [2.75, 3.05) is 13.2 Å². The van der Waals surface area contributed by atoms with Crippen LogP contribution in [0.3, 0.4) is 0 Å². The molecule has 0 aromatic heterocycles. The van der Waals surface area contributed by atoms with Crippen molar-refractivity contribution in [2.24, 2.45) is 0 Å². The normalized spacial score (nSPS) is 11.5. The molecule has 0 saturated heterocycles. The van der Waals surface area contributed by atoms with Gasteiger partial charge in [0.15, 0.2) is 0 Å². The fraction of sp³-hybridized carbons (Fsp3) is 0.250. The zero-order valence-electron chi connectivity index (χ0n) is 12.8. The lowest BCUT2D eigenvalue weighted by Crippen LogP contribution is -2.29. The highest BCUT2D eigenvalue weighted by Crippen LogP contribution is 2.17. The van der Waals surface area contributed by atoms with E-state index < -0.39 is 26.6 Å². The van der Waals surface area contributed by atoms with Crippen LogP contribution in [0.2, 0.25) is 0 Å². The second-order valence-corrected chi connectivity index (χ2v) is 6.88. The number of benzene rings is 2. The molecule has 7 heteroatoms. The first-order valence-electron chi connectivity index (χ1n) is 6.94. The third-order valence-electron chi connectivity index (χ3n) is 3.04. The standard InChI is InChI=1S/C16H17F2NO3S/c1-11-7-12(2)9-14(8-11)22-6-5-19-23(20,21)16-4-3-13(17)10-15(16)18/h3-4,7-10,19H,5-6H2,1-2H3. The highest BCUT2D eigenvalue weighted by Gasteiger charge is 2.18. The average molecular weight is 341 g/mol. The Kier molecular flexibility index (Phi) is 5.33. The fourth-order valence-corrected chi connectivity index (χ4v) is 3.20. The molecule has 0 saturated carbocycles. The molecule has 0 spiro atoms. The summed E-state index contributed by atoms with van der Waals surface area (Å²) in [4.78, 5) is -0.592. The van der Waals surface area contributed by atoms with Gasteiger partial charge in [0.2, 0.25) is 10.0 Å². The molecule has 0 aliphatic heterocycles. The van der Waals surface area contributed by atoms with Gasteiger partial charge in [0, 0.05) is 12.6 Å². The summed E-state index contributed by atoms with van der Waals surface area (Å²) in [5.74, 6) is -1.33. The molecule has 124 valence electrons. The Hall–Kier alpha value is -1.99. The minimum Gasteiger partial charge on any atom is -0.492 e. The summed E-state index contributed by atoms with van der Waals surface area (Å²) in [5, 5.41) is 0. The SMILES string of the molecule is Cc1cc(C)cc(OCCNS(=O)(=O)c2ccc(F)cc2F)c1. The largest absolute Gasteiger partial charge is 0.492 e. The van der Waals surface area contributed by atoms with E-state index in [1.54, 1.807) is 0 Å². The predicted molar refractivity (Wildman–Crippen MR) is 83.0 cm³/mol. The van der Waals surface area contributed by atoms with Gasteiger partial charge in [-0.2, -0.15) is 0 Å². The molecule has 0 atom stereocenters. The van der Waals surface area contributed by atoms with Crippen LogP contribution in [0.1, 0.15) is 11.1 Å². The van der Waals surface area contributed by atoms with E-state index in [0.29, 0.717) is 11.8 Å². The van der Waals surface area contributed by atoms with Crippen LogP contribution in [0.25, 0.3) is 0 Å². The molecule has 2 rings (SSSR count). The van der Waals surface area contributed by atoms with Gasteiger partial charge in [-0.1, -0.05) is 6.07 Å². The van der Waals surface area contributed by atoms with Crippen LogP contribution in [0.4, 0.5) is 8.78 Å². The van der Waals surface area contributed by atoms with Crippen molar-refractivity contribution in [1.29, 1.82) is 0 Å². The molecule has 0 unspecified atom stereocenters. The molecular formula is C16H17F2NO3S. The lowest BCUT2D eigenvalue weighted by molar-refractivity contribution is 0.322. The third-order valence-corrected chi connectivity index (χ3v) is 4.54. The summed E-state index contributed by atoms with van der Waals surface area (Å²) >= 11 is 0. The number of ether oxygens (including phenoxy) is 1. The minimum atomic E-state index is -4.05. The van der Waals surface area contributed by atoms with Crippen molar-refractivity contribution in [3.05, 3.63) is 59.2 Å². The van der Waals surface area contributed by atoms with Crippen molar-refractivity contribution in [2.45, 2.75) is 18.7 Å². The Morgan fingerprint density at radius 1 is 1.04 bits per heavy atom. The van der Waals surface area contributed by atoms with Crippen molar-refractivity contribution < 1.29 is 21.9 Å². The summed E-state index contributed by atoms with van der Waals surface area (Å²) in [5.41, 5.74) is 2.07. The first kappa shape index (κ1) is 17.4. The summed E-state index contributed by atoms with van der Waals surface area (Å²) in [7, 11) is -4.05. The van der Waals surface area contributed by atoms with Crippen LogP contribution >= 0.6 is 0 Å². The van der Waals surface area contributed by atoms with Gasteiger partial charge in [-0.15, -0.1) is 0 Å². The molecule has 4 nitrogen and oxygen atoms in total. The summed E-state index contributed by atoms with van der Waals surface area (Å²) in [6, 6.07) is 7.97. The van der Waals surface area contributed by atoms with Gasteiger partial charge < -0.3 is 4.74 Å². The van der Waals surface area contributed by atoms with Crippen LogP contribution in [-0.4, -0.2) is 21.6 Å². The first-order chi connectivity index (χ1) is 10.8. The molecule has 0 heterocycles. The van der Waals surface area contributed by atoms with Gasteiger partial charge >= 0.3 is 0 Å². The highest BCUT2D eigenvalue weighted by molar-refractivity contribution is 7.89. The maximum Gasteiger partial charge on any atom is 0.243 e. The van der Waals surface area contributed by atoms with Crippen LogP contribution < -0.4 is 9.46 Å². The van der Waals surface area contributed by atoms with Crippen LogP contribution in [0.15, 0.2) is 41.3 Å². The van der Waals surface area contributed by atoms with Crippen molar-refractivity contribution in [1.82, 2.24) is 4.72 Å². The van der Waals surface area contributed by atoms with E-state index in [1.165, 1.54) is 0 Å². The summed E-state index contributed by atoms with van der Waals surface area (Å²) in [6.07, 6.45) is 0. The Balaban J connectivity index is 1.95. The van der Waals surface area contributed by atoms with Gasteiger partial charge in [-0.05, 0) is 49.2 Å². The lowest BCUT2D eigenvalue weighted by Gasteiger charge is -2.10. The Bertz CT molecular complexity index is 787. The molecule has 0 aliphatic rings. The Labute approximate surface area is 134 Å². The van der Waals surface area contributed by atoms with Gasteiger partial charge in [-0.25, -0.2) is 21.9 Å². The Morgan fingerprint density at radius 2 is 1.70 bits per heavy atom. The maximum atomic E-state index is 13.5. The number of hydrogen-bond donors (Lipinski definition) is 1. The summed E-state index contributed by atoms with van der Waals surface area (Å²) in [6.45, 7) is 3.91. The molecule has 2 aromatic rings. The van der Waals surface area contributed by atoms with Crippen molar-refractivity contribution in [3.63, 3.8) is 0 Å². The van der Waals surface area contributed by atoms with E-state index in [1.807, 2.05) is 32.0 Å². The number of aryl methyl sites for hydroxylation is 2. The maximum absolute atomic E-state index is 13.5. The number of rotatable bonds is 6. The van der Waals surface area contributed by atoms with E-state index in [4.69, 9.17) is 4.74 Å². The topological polar surface area (TPSA) is 55.4 Å². The second kappa shape index (κ2) is 7.06. The monoisotopic (exact) mass is 341 g/mol. The molecule has 1 N–H and O–H groups in total. The molecule has 23 heavy (non-hydrogen) atoms. The van der Waals surface area contributed by atoms with E-state index >= 15 is 0 Å². The van der Waals surface area contributed by atoms with E-state index in [2.05, 4.69) is 4.72 Å². The van der Waals surface area contributed by atoms with Crippen LogP contribution in [0, 0.1) is 25.5 Å². The van der Waals surface area contributed by atoms with Crippen LogP contribution in [0.5, 0.6) is 5.75 Å². The number of sulfonamides is 1. The molecule has 0 radical (unpaired) electrons. The molecule has 0 bridgehead atoms. The summed E-state index contributed by atoms with van der Waals surface area (Å²) < 4.78 is 57.9. The fourth-order valence-electron chi connectivity index (χ4n) is 2.13. The molecular weight excluding hydrogens is 324 g/mol. The zero-order valence-corrected chi connectivity index (χ0v) is 13.6. The quantitative estimate of drug-likeness (QED) is 0.822. The third kappa shape index (κ3) is 4.74. The van der Waals surface area contributed by atoms with E-state index in [-0.39, 0.29) is 13.2 Å². The average Bonchev–Trinajstić information content (AvgIpc) is 2.42. The highest BCUT2D eigenvalue weighted by atomic mass is 32.2. The Morgan fingerprint density at radius 3 is 2.30 bits per heavy atom. The number of nitrogens with one attached hydrogen (secondary N) is 1. The van der Waals surface area contributed by atoms with Crippen LogP contribution in [-0.2, 0) is 10.0 Å². The number of hydrogen-bond acceptors (Lipinski definition) is 3.